The molecule has 0 aromatic carbocycles. The number of hydrogen-bond donors (Lipinski definition) is 1. The average Bonchev–Trinajstić information content (AvgIpc) is 3.25. The van der Waals surface area contributed by atoms with Gasteiger partial charge in [0.2, 0.25) is 0 Å². The van der Waals surface area contributed by atoms with E-state index in [4.69, 9.17) is 4.74 Å². The van der Waals surface area contributed by atoms with Crippen molar-refractivity contribution in [3.63, 3.8) is 0 Å². The van der Waals surface area contributed by atoms with Crippen LogP contribution in [0.15, 0.2) is 18.3 Å². The van der Waals surface area contributed by atoms with Gasteiger partial charge in [-0.15, -0.1) is 0 Å². The van der Waals surface area contributed by atoms with Crippen LogP contribution in [-0.2, 0) is 19.4 Å². The molecule has 9 heteroatoms. The second kappa shape index (κ2) is 11.7. The van der Waals surface area contributed by atoms with E-state index in [1.807, 2.05) is 6.07 Å². The van der Waals surface area contributed by atoms with Crippen LogP contribution in [0.1, 0.15) is 79.0 Å². The minimum Gasteiger partial charge on any atom is -0.464 e. The number of hydrogen-bond acceptors (Lipinski definition) is 6. The van der Waals surface area contributed by atoms with Crippen molar-refractivity contribution in [2.45, 2.75) is 83.7 Å². The summed E-state index contributed by atoms with van der Waals surface area (Å²) < 4.78 is 31.3. The Hall–Kier alpha value is -2.13. The fourth-order valence-corrected chi connectivity index (χ4v) is 5.82. The molecule has 0 spiro atoms. The van der Waals surface area contributed by atoms with Gasteiger partial charge < -0.3 is 10.1 Å². The molecule has 0 unspecified atom stereocenters. The minimum absolute atomic E-state index is 0.00610. The first kappa shape index (κ1) is 25.9. The SMILES string of the molecule is CCCc1cc(C(=O)NC2CCC(CCN3CCc4sc(OCC(C)(F)F)nc4C3)CC2)ccn1. The molecule has 0 radical (unpaired) electrons. The van der Waals surface area contributed by atoms with E-state index < -0.39 is 12.5 Å². The molecule has 2 aromatic rings. The second-order valence-corrected chi connectivity index (χ2v) is 11.0. The van der Waals surface area contributed by atoms with Crippen LogP contribution < -0.4 is 10.1 Å². The quantitative estimate of drug-likeness (QED) is 0.476. The van der Waals surface area contributed by atoms with Gasteiger partial charge in [0.15, 0.2) is 6.61 Å². The van der Waals surface area contributed by atoms with Gasteiger partial charge in [0.25, 0.3) is 17.0 Å². The monoisotopic (exact) mass is 506 g/mol. The molecule has 1 amide bonds. The van der Waals surface area contributed by atoms with Gasteiger partial charge in [0.05, 0.1) is 5.69 Å². The second-order valence-electron chi connectivity index (χ2n) is 10.0. The lowest BCUT2D eigenvalue weighted by atomic mass is 9.84. The zero-order valence-corrected chi connectivity index (χ0v) is 21.5. The van der Waals surface area contributed by atoms with E-state index in [0.29, 0.717) is 16.7 Å². The van der Waals surface area contributed by atoms with Gasteiger partial charge in [-0.25, -0.2) is 13.8 Å². The molecule has 1 aliphatic carbocycles. The zero-order valence-electron chi connectivity index (χ0n) is 20.7. The summed E-state index contributed by atoms with van der Waals surface area (Å²) in [7, 11) is 0. The van der Waals surface area contributed by atoms with Crippen molar-refractivity contribution in [3.05, 3.63) is 40.2 Å². The van der Waals surface area contributed by atoms with E-state index in [9.17, 15) is 13.6 Å². The lowest BCUT2D eigenvalue weighted by Gasteiger charge is -2.32. The summed E-state index contributed by atoms with van der Waals surface area (Å²) >= 11 is 1.40. The Morgan fingerprint density at radius 1 is 1.31 bits per heavy atom. The van der Waals surface area contributed by atoms with Crippen LogP contribution in [0.25, 0.3) is 0 Å². The number of aryl methyl sites for hydroxylation is 1. The highest BCUT2D eigenvalue weighted by molar-refractivity contribution is 7.13. The molecule has 3 heterocycles. The standard InChI is InChI=1S/C26H36F2N4O2S/c1-3-4-21-15-19(9-12-29-21)24(33)30-20-7-5-18(6-8-20)10-13-32-14-11-23-22(16-32)31-25(35-23)34-17-26(2,27)28/h9,12,15,18,20H,3-8,10-11,13-14,16-17H2,1-2H3,(H,30,33). The third-order valence-corrected chi connectivity index (χ3v) is 7.93. The third-order valence-electron chi connectivity index (χ3n) is 6.86. The van der Waals surface area contributed by atoms with E-state index in [0.717, 1.165) is 94.2 Å². The van der Waals surface area contributed by atoms with Crippen molar-refractivity contribution in [2.24, 2.45) is 5.92 Å². The van der Waals surface area contributed by atoms with E-state index >= 15 is 0 Å². The summed E-state index contributed by atoms with van der Waals surface area (Å²) in [6.07, 6.45) is 9.94. The fourth-order valence-electron chi connectivity index (χ4n) is 4.91. The van der Waals surface area contributed by atoms with Crippen LogP contribution in [-0.4, -0.2) is 52.4 Å². The fraction of sp³-hybridized carbons (Fsp3) is 0.654. The Morgan fingerprint density at radius 3 is 2.86 bits per heavy atom. The Balaban J connectivity index is 1.17. The van der Waals surface area contributed by atoms with Crippen molar-refractivity contribution in [3.8, 4) is 5.19 Å². The van der Waals surface area contributed by atoms with Crippen molar-refractivity contribution < 1.29 is 18.3 Å². The molecule has 1 N–H and O–H groups in total. The van der Waals surface area contributed by atoms with Crippen LogP contribution in [0.3, 0.4) is 0 Å². The van der Waals surface area contributed by atoms with Crippen molar-refractivity contribution >= 4 is 17.2 Å². The van der Waals surface area contributed by atoms with Gasteiger partial charge in [-0.2, -0.15) is 0 Å². The molecular formula is C26H36F2N4O2S. The number of nitrogens with zero attached hydrogens (tertiary/aromatic N) is 3. The highest BCUT2D eigenvalue weighted by atomic mass is 32.1. The van der Waals surface area contributed by atoms with Crippen LogP contribution in [0.4, 0.5) is 8.78 Å². The normalized spacial score (nSPS) is 20.9. The van der Waals surface area contributed by atoms with Gasteiger partial charge in [0.1, 0.15) is 0 Å². The molecule has 4 rings (SSSR count). The van der Waals surface area contributed by atoms with Crippen LogP contribution >= 0.6 is 11.3 Å². The first-order chi connectivity index (χ1) is 16.8. The first-order valence-electron chi connectivity index (χ1n) is 12.8. The highest BCUT2D eigenvalue weighted by Crippen LogP contribution is 2.32. The molecule has 192 valence electrons. The largest absolute Gasteiger partial charge is 0.464 e. The van der Waals surface area contributed by atoms with Crippen LogP contribution in [0.5, 0.6) is 5.19 Å². The number of pyridine rings is 1. The molecule has 6 nitrogen and oxygen atoms in total. The molecule has 1 aliphatic heterocycles. The number of alkyl halides is 2. The lowest BCUT2D eigenvalue weighted by molar-refractivity contribution is -0.0230. The van der Waals surface area contributed by atoms with E-state index in [1.165, 1.54) is 11.3 Å². The number of carbonyl (C=O) groups excluding carboxylic acids is 1. The zero-order chi connectivity index (χ0) is 24.8. The van der Waals surface area contributed by atoms with E-state index in [2.05, 4.69) is 27.1 Å². The number of fused-ring (bicyclic) bond motifs is 1. The molecule has 35 heavy (non-hydrogen) atoms. The Kier molecular flexibility index (Phi) is 8.70. The number of ether oxygens (including phenoxy) is 1. The molecule has 1 fully saturated rings. The summed E-state index contributed by atoms with van der Waals surface area (Å²) in [6.45, 7) is 5.08. The minimum atomic E-state index is -2.85. The Labute approximate surface area is 210 Å². The number of amides is 1. The molecular weight excluding hydrogens is 470 g/mol. The first-order valence-corrected chi connectivity index (χ1v) is 13.6. The number of halogens is 2. The number of rotatable bonds is 10. The molecule has 0 bridgehead atoms. The maximum absolute atomic E-state index is 13.1. The summed E-state index contributed by atoms with van der Waals surface area (Å²) in [5.41, 5.74) is 2.65. The smallest absolute Gasteiger partial charge is 0.278 e. The number of carbonyl (C=O) groups is 1. The van der Waals surface area contributed by atoms with E-state index in [-0.39, 0.29) is 11.9 Å². The lowest BCUT2D eigenvalue weighted by Crippen LogP contribution is -2.38. The molecule has 2 aliphatic rings. The topological polar surface area (TPSA) is 67.4 Å². The van der Waals surface area contributed by atoms with Crippen molar-refractivity contribution in [1.82, 2.24) is 20.2 Å². The maximum atomic E-state index is 13.1. The average molecular weight is 507 g/mol. The Morgan fingerprint density at radius 2 is 2.11 bits per heavy atom. The summed E-state index contributed by atoms with van der Waals surface area (Å²) in [5.74, 6) is -2.17. The summed E-state index contributed by atoms with van der Waals surface area (Å²) in [6, 6.07) is 3.94. The predicted molar refractivity (Wildman–Crippen MR) is 133 cm³/mol. The van der Waals surface area contributed by atoms with Gasteiger partial charge in [-0.1, -0.05) is 24.7 Å². The predicted octanol–water partition coefficient (Wildman–Crippen LogP) is 5.26. The van der Waals surface area contributed by atoms with Crippen LogP contribution in [0.2, 0.25) is 0 Å². The third kappa shape index (κ3) is 7.67. The van der Waals surface area contributed by atoms with Gasteiger partial charge >= 0.3 is 0 Å². The van der Waals surface area contributed by atoms with Gasteiger partial charge in [-0.3, -0.25) is 14.7 Å². The van der Waals surface area contributed by atoms with Crippen LogP contribution in [0, 0.1) is 5.92 Å². The molecule has 2 aromatic heterocycles. The maximum Gasteiger partial charge on any atom is 0.278 e. The van der Waals surface area contributed by atoms with Crippen molar-refractivity contribution in [1.29, 1.82) is 0 Å². The number of thiazole rings is 1. The Bertz CT molecular complexity index is 986. The summed E-state index contributed by atoms with van der Waals surface area (Å²) in [5, 5.41) is 3.57. The molecule has 0 atom stereocenters. The molecule has 0 saturated heterocycles. The number of nitrogens with one attached hydrogen (secondary N) is 1. The van der Waals surface area contributed by atoms with E-state index in [1.54, 1.807) is 12.3 Å². The van der Waals surface area contributed by atoms with Crippen molar-refractivity contribution in [2.75, 3.05) is 19.7 Å². The summed E-state index contributed by atoms with van der Waals surface area (Å²) in [4.78, 5) is 25.0. The molecule has 1 saturated carbocycles. The highest BCUT2D eigenvalue weighted by Gasteiger charge is 2.27. The number of aromatic nitrogens is 2. The van der Waals surface area contributed by atoms with Gasteiger partial charge in [0, 0.05) is 48.4 Å². The van der Waals surface area contributed by atoms with Gasteiger partial charge in [-0.05, 0) is 69.5 Å².